The minimum absolute atomic E-state index is 0.0419. The number of aryl methyl sites for hydroxylation is 1. The molecule has 5 nitrogen and oxygen atoms in total. The van der Waals surface area contributed by atoms with Crippen LogP contribution in [0, 0.1) is 5.92 Å². The van der Waals surface area contributed by atoms with Gasteiger partial charge in [0.05, 0.1) is 5.92 Å². The average Bonchev–Trinajstić information content (AvgIpc) is 2.46. The van der Waals surface area contributed by atoms with Crippen molar-refractivity contribution in [1.82, 2.24) is 9.88 Å². The first-order valence-corrected chi connectivity index (χ1v) is 6.99. The average molecular weight is 276 g/mol. The number of likely N-dealkylation sites (tertiary alicyclic amines) is 1. The first kappa shape index (κ1) is 14.5. The summed E-state index contributed by atoms with van der Waals surface area (Å²) in [4.78, 5) is 29.0. The van der Waals surface area contributed by atoms with Gasteiger partial charge in [0, 0.05) is 31.4 Å². The van der Waals surface area contributed by atoms with E-state index < -0.39 is 11.9 Å². The highest BCUT2D eigenvalue weighted by molar-refractivity contribution is 5.78. The highest BCUT2D eigenvalue weighted by Crippen LogP contribution is 2.23. The van der Waals surface area contributed by atoms with Crippen molar-refractivity contribution in [1.29, 1.82) is 0 Å². The predicted octanol–water partition coefficient (Wildman–Crippen LogP) is 1.73. The van der Waals surface area contributed by atoms with Crippen molar-refractivity contribution in [3.63, 3.8) is 0 Å². The molecule has 2 unspecified atom stereocenters. The first-order chi connectivity index (χ1) is 9.58. The molecule has 2 rings (SSSR count). The highest BCUT2D eigenvalue weighted by atomic mass is 16.4. The number of carbonyl (C=O) groups is 2. The predicted molar refractivity (Wildman–Crippen MR) is 74.1 cm³/mol. The zero-order valence-electron chi connectivity index (χ0n) is 11.7. The summed E-state index contributed by atoms with van der Waals surface area (Å²) in [6, 6.07) is 3.93. The summed E-state index contributed by atoms with van der Waals surface area (Å²) >= 11 is 0. The summed E-state index contributed by atoms with van der Waals surface area (Å²) in [6.07, 6.45) is 5.93. The smallest absolute Gasteiger partial charge is 0.308 e. The fraction of sp³-hybridized carbons (Fsp3) is 0.533. The van der Waals surface area contributed by atoms with Crippen LogP contribution in [0.2, 0.25) is 0 Å². The van der Waals surface area contributed by atoms with Gasteiger partial charge in [-0.25, -0.2) is 0 Å². The van der Waals surface area contributed by atoms with Crippen LogP contribution in [0.5, 0.6) is 0 Å². The summed E-state index contributed by atoms with van der Waals surface area (Å²) in [5.41, 5.74) is 1.08. The zero-order valence-corrected chi connectivity index (χ0v) is 11.7. The van der Waals surface area contributed by atoms with E-state index in [0.29, 0.717) is 25.8 Å². The summed E-state index contributed by atoms with van der Waals surface area (Å²) in [7, 11) is 0. The number of nitrogens with zero attached hydrogens (tertiary/aromatic N) is 2. The van der Waals surface area contributed by atoms with Gasteiger partial charge in [-0.1, -0.05) is 0 Å². The molecule has 5 heteroatoms. The van der Waals surface area contributed by atoms with Crippen LogP contribution in [0.1, 0.15) is 31.7 Å². The fourth-order valence-corrected chi connectivity index (χ4v) is 2.60. The van der Waals surface area contributed by atoms with Gasteiger partial charge in [-0.3, -0.25) is 14.6 Å². The maximum Gasteiger partial charge on any atom is 0.308 e. The lowest BCUT2D eigenvalue weighted by atomic mass is 9.93. The molecular weight excluding hydrogens is 256 g/mol. The Morgan fingerprint density at radius 2 is 2.05 bits per heavy atom. The molecule has 1 aliphatic rings. The largest absolute Gasteiger partial charge is 0.481 e. The van der Waals surface area contributed by atoms with E-state index in [2.05, 4.69) is 4.98 Å². The Hall–Kier alpha value is -1.91. The molecule has 0 spiro atoms. The van der Waals surface area contributed by atoms with Crippen LogP contribution in [0.4, 0.5) is 0 Å². The Morgan fingerprint density at radius 3 is 2.70 bits per heavy atom. The Labute approximate surface area is 118 Å². The SMILES string of the molecule is CC1CCC(C(=O)O)CN1C(=O)CCc1ccncc1. The number of rotatable bonds is 4. The van der Waals surface area contributed by atoms with Gasteiger partial charge in [-0.15, -0.1) is 0 Å². The maximum atomic E-state index is 12.3. The van der Waals surface area contributed by atoms with Crippen LogP contribution >= 0.6 is 0 Å². The van der Waals surface area contributed by atoms with Crippen molar-refractivity contribution >= 4 is 11.9 Å². The van der Waals surface area contributed by atoms with E-state index in [1.54, 1.807) is 17.3 Å². The quantitative estimate of drug-likeness (QED) is 0.909. The van der Waals surface area contributed by atoms with Gasteiger partial charge in [-0.05, 0) is 43.9 Å². The van der Waals surface area contributed by atoms with Crippen LogP contribution in [-0.4, -0.2) is 39.5 Å². The van der Waals surface area contributed by atoms with Crippen molar-refractivity contribution in [2.24, 2.45) is 5.92 Å². The van der Waals surface area contributed by atoms with Crippen LogP contribution in [0.25, 0.3) is 0 Å². The van der Waals surface area contributed by atoms with Gasteiger partial charge >= 0.3 is 5.97 Å². The van der Waals surface area contributed by atoms with Crippen molar-refractivity contribution in [2.45, 2.75) is 38.6 Å². The Balaban J connectivity index is 1.91. The van der Waals surface area contributed by atoms with Gasteiger partial charge in [-0.2, -0.15) is 0 Å². The molecule has 1 aromatic rings. The van der Waals surface area contributed by atoms with Crippen molar-refractivity contribution in [2.75, 3.05) is 6.54 Å². The monoisotopic (exact) mass is 276 g/mol. The molecule has 0 radical (unpaired) electrons. The molecule has 1 aromatic heterocycles. The zero-order chi connectivity index (χ0) is 14.5. The third-order valence-electron chi connectivity index (χ3n) is 3.93. The summed E-state index contributed by atoms with van der Waals surface area (Å²) < 4.78 is 0. The van der Waals surface area contributed by atoms with Crippen molar-refractivity contribution in [3.8, 4) is 0 Å². The standard InChI is InChI=1S/C15H20N2O3/c1-11-2-4-13(15(19)20)10-17(11)14(18)5-3-12-6-8-16-9-7-12/h6-9,11,13H,2-5,10H2,1H3,(H,19,20). The van der Waals surface area contributed by atoms with Crippen LogP contribution < -0.4 is 0 Å². The molecule has 20 heavy (non-hydrogen) atoms. The summed E-state index contributed by atoms with van der Waals surface area (Å²) in [5.74, 6) is -1.18. The van der Waals surface area contributed by atoms with E-state index in [1.807, 2.05) is 19.1 Å². The normalized spacial score (nSPS) is 22.6. The third kappa shape index (κ3) is 3.56. The van der Waals surface area contributed by atoms with Crippen LogP contribution in [0.3, 0.4) is 0 Å². The second-order valence-electron chi connectivity index (χ2n) is 5.36. The van der Waals surface area contributed by atoms with E-state index in [0.717, 1.165) is 12.0 Å². The molecule has 1 fully saturated rings. The minimum Gasteiger partial charge on any atom is -0.481 e. The van der Waals surface area contributed by atoms with Crippen LogP contribution in [0.15, 0.2) is 24.5 Å². The number of aromatic nitrogens is 1. The lowest BCUT2D eigenvalue weighted by Crippen LogP contribution is -2.47. The molecule has 108 valence electrons. The van der Waals surface area contributed by atoms with Crippen molar-refractivity contribution < 1.29 is 14.7 Å². The first-order valence-electron chi connectivity index (χ1n) is 6.99. The van der Waals surface area contributed by atoms with E-state index in [-0.39, 0.29) is 11.9 Å². The number of hydrogen-bond donors (Lipinski definition) is 1. The molecule has 2 atom stereocenters. The van der Waals surface area contributed by atoms with Crippen molar-refractivity contribution in [3.05, 3.63) is 30.1 Å². The van der Waals surface area contributed by atoms with E-state index in [1.165, 1.54) is 0 Å². The van der Waals surface area contributed by atoms with E-state index in [9.17, 15) is 9.59 Å². The molecule has 1 amide bonds. The molecule has 0 bridgehead atoms. The van der Waals surface area contributed by atoms with Crippen LogP contribution in [-0.2, 0) is 16.0 Å². The summed E-state index contributed by atoms with van der Waals surface area (Å²) in [6.45, 7) is 2.33. The lowest BCUT2D eigenvalue weighted by molar-refractivity contribution is -0.147. The topological polar surface area (TPSA) is 70.5 Å². The highest BCUT2D eigenvalue weighted by Gasteiger charge is 2.32. The Kier molecular flexibility index (Phi) is 4.71. The molecule has 2 heterocycles. The van der Waals surface area contributed by atoms with Gasteiger partial charge < -0.3 is 10.0 Å². The number of aliphatic carboxylic acids is 1. The third-order valence-corrected chi connectivity index (χ3v) is 3.93. The molecule has 0 aromatic carbocycles. The van der Waals surface area contributed by atoms with E-state index >= 15 is 0 Å². The number of pyridine rings is 1. The number of amides is 1. The molecule has 1 N–H and O–H groups in total. The number of piperidine rings is 1. The molecule has 1 saturated heterocycles. The Bertz CT molecular complexity index is 475. The Morgan fingerprint density at radius 1 is 1.35 bits per heavy atom. The van der Waals surface area contributed by atoms with E-state index in [4.69, 9.17) is 5.11 Å². The lowest BCUT2D eigenvalue weighted by Gasteiger charge is -2.36. The second kappa shape index (κ2) is 6.50. The molecule has 1 aliphatic heterocycles. The number of hydrogen-bond acceptors (Lipinski definition) is 3. The molecular formula is C15H20N2O3. The number of carbonyl (C=O) groups excluding carboxylic acids is 1. The molecule has 0 aliphatic carbocycles. The number of carboxylic acid groups (broad SMARTS) is 1. The number of carboxylic acids is 1. The fourth-order valence-electron chi connectivity index (χ4n) is 2.60. The summed E-state index contributed by atoms with van der Waals surface area (Å²) in [5, 5.41) is 9.09. The van der Waals surface area contributed by atoms with Gasteiger partial charge in [0.15, 0.2) is 0 Å². The van der Waals surface area contributed by atoms with Gasteiger partial charge in [0.25, 0.3) is 0 Å². The van der Waals surface area contributed by atoms with Gasteiger partial charge in [0.2, 0.25) is 5.91 Å². The molecule has 0 saturated carbocycles. The van der Waals surface area contributed by atoms with Gasteiger partial charge in [0.1, 0.15) is 0 Å². The second-order valence-corrected chi connectivity index (χ2v) is 5.36. The maximum absolute atomic E-state index is 12.3. The minimum atomic E-state index is -0.802.